The van der Waals surface area contributed by atoms with E-state index in [1.165, 1.54) is 4.90 Å². The van der Waals surface area contributed by atoms with Crippen LogP contribution in [0.15, 0.2) is 24.3 Å². The number of carbonyl (C=O) groups excluding carboxylic acids is 3. The van der Waals surface area contributed by atoms with Gasteiger partial charge in [-0.05, 0) is 49.9 Å². The van der Waals surface area contributed by atoms with Crippen molar-refractivity contribution in [3.63, 3.8) is 0 Å². The molecule has 26 heavy (non-hydrogen) atoms. The lowest BCUT2D eigenvalue weighted by Crippen LogP contribution is -2.47. The number of imide groups is 1. The fraction of sp³-hybridized carbons (Fsp3) is 0.500. The van der Waals surface area contributed by atoms with Gasteiger partial charge in [0.25, 0.3) is 5.91 Å². The zero-order chi connectivity index (χ0) is 18.9. The Morgan fingerprint density at radius 2 is 2.00 bits per heavy atom. The van der Waals surface area contributed by atoms with E-state index in [0.29, 0.717) is 23.9 Å². The molecule has 140 valence electrons. The quantitative estimate of drug-likeness (QED) is 0.734. The number of carbonyl (C=O) groups is 3. The molecule has 1 aliphatic carbocycles. The van der Waals surface area contributed by atoms with Crippen LogP contribution in [-0.4, -0.2) is 59.9 Å². The van der Waals surface area contributed by atoms with Gasteiger partial charge in [-0.3, -0.25) is 14.5 Å². The fourth-order valence-corrected chi connectivity index (χ4v) is 3.13. The number of nitrogens with zero attached hydrogens (tertiary/aromatic N) is 2. The minimum Gasteiger partial charge on any atom is -0.492 e. The molecule has 1 saturated carbocycles. The molecule has 1 heterocycles. The molecule has 7 nitrogen and oxygen atoms in total. The van der Waals surface area contributed by atoms with Gasteiger partial charge in [-0.2, -0.15) is 0 Å². The first-order chi connectivity index (χ1) is 12.3. The van der Waals surface area contributed by atoms with Crippen LogP contribution in [0.5, 0.6) is 5.75 Å². The molecule has 0 spiro atoms. The van der Waals surface area contributed by atoms with Gasteiger partial charge in [-0.1, -0.05) is 11.6 Å². The van der Waals surface area contributed by atoms with E-state index in [0.717, 1.165) is 17.7 Å². The minimum atomic E-state index is -0.867. The predicted octanol–water partition coefficient (Wildman–Crippen LogP) is 1.90. The van der Waals surface area contributed by atoms with E-state index < -0.39 is 11.6 Å². The molecule has 2 aliphatic rings. The van der Waals surface area contributed by atoms with Gasteiger partial charge >= 0.3 is 6.03 Å². The SMILES string of the molecule is CN(CCOc1ccc(Cl)cc1)C(=O)CN1C(=O)NC(C)(C2CC2)C1=O. The average molecular weight is 380 g/mol. The molecule has 1 atom stereocenters. The number of nitrogens with one attached hydrogen (secondary N) is 1. The van der Waals surface area contributed by atoms with Gasteiger partial charge in [0.15, 0.2) is 0 Å². The van der Waals surface area contributed by atoms with Crippen molar-refractivity contribution < 1.29 is 19.1 Å². The summed E-state index contributed by atoms with van der Waals surface area (Å²) in [6.45, 7) is 2.11. The van der Waals surface area contributed by atoms with Gasteiger partial charge in [0.2, 0.25) is 5.91 Å². The summed E-state index contributed by atoms with van der Waals surface area (Å²) in [4.78, 5) is 39.5. The van der Waals surface area contributed by atoms with Crippen LogP contribution in [0.1, 0.15) is 19.8 Å². The second-order valence-corrected chi connectivity index (χ2v) is 7.35. The molecule has 1 aromatic carbocycles. The van der Waals surface area contributed by atoms with Crippen LogP contribution in [-0.2, 0) is 9.59 Å². The topological polar surface area (TPSA) is 79.0 Å². The third-order valence-electron chi connectivity index (χ3n) is 4.92. The molecule has 4 amide bonds. The van der Waals surface area contributed by atoms with Crippen LogP contribution in [0.2, 0.25) is 5.02 Å². The van der Waals surface area contributed by atoms with Crippen LogP contribution in [0.3, 0.4) is 0 Å². The summed E-state index contributed by atoms with van der Waals surface area (Å²) in [5.41, 5.74) is -0.867. The molecule has 1 N–H and O–H groups in total. The number of halogens is 1. The van der Waals surface area contributed by atoms with Crippen LogP contribution in [0.4, 0.5) is 4.79 Å². The van der Waals surface area contributed by atoms with Crippen molar-refractivity contribution >= 4 is 29.4 Å². The van der Waals surface area contributed by atoms with Crippen LogP contribution >= 0.6 is 11.6 Å². The van der Waals surface area contributed by atoms with E-state index in [1.807, 2.05) is 0 Å². The Hall–Kier alpha value is -2.28. The van der Waals surface area contributed by atoms with Gasteiger partial charge in [0.05, 0.1) is 6.54 Å². The number of ether oxygens (including phenoxy) is 1. The lowest BCUT2D eigenvalue weighted by Gasteiger charge is -2.22. The number of rotatable bonds is 7. The Bertz CT molecular complexity index is 720. The highest BCUT2D eigenvalue weighted by molar-refractivity contribution is 6.30. The van der Waals surface area contributed by atoms with E-state index in [4.69, 9.17) is 16.3 Å². The number of likely N-dealkylation sites (N-methyl/N-ethyl adjacent to an activating group) is 1. The lowest BCUT2D eigenvalue weighted by molar-refractivity contribution is -0.138. The van der Waals surface area contributed by atoms with Crippen molar-refractivity contribution in [1.82, 2.24) is 15.1 Å². The monoisotopic (exact) mass is 379 g/mol. The van der Waals surface area contributed by atoms with E-state index in [9.17, 15) is 14.4 Å². The molecule has 8 heteroatoms. The molecule has 0 bridgehead atoms. The van der Waals surface area contributed by atoms with Gasteiger partial charge in [-0.15, -0.1) is 0 Å². The Kier molecular flexibility index (Phi) is 5.09. The van der Waals surface area contributed by atoms with Crippen molar-refractivity contribution in [2.75, 3.05) is 26.7 Å². The first kappa shape index (κ1) is 18.5. The second kappa shape index (κ2) is 7.15. The highest BCUT2D eigenvalue weighted by atomic mass is 35.5. The highest BCUT2D eigenvalue weighted by Gasteiger charge is 2.56. The zero-order valence-electron chi connectivity index (χ0n) is 14.8. The van der Waals surface area contributed by atoms with E-state index >= 15 is 0 Å². The summed E-state index contributed by atoms with van der Waals surface area (Å²) in [5.74, 6) is 0.200. The molecule has 1 saturated heterocycles. The zero-order valence-corrected chi connectivity index (χ0v) is 15.6. The summed E-state index contributed by atoms with van der Waals surface area (Å²) in [6.07, 6.45) is 1.85. The number of hydrogen-bond acceptors (Lipinski definition) is 4. The van der Waals surface area contributed by atoms with Crippen molar-refractivity contribution in [2.45, 2.75) is 25.3 Å². The highest BCUT2D eigenvalue weighted by Crippen LogP contribution is 2.42. The first-order valence-corrected chi connectivity index (χ1v) is 8.95. The third kappa shape index (κ3) is 3.77. The molecule has 1 aliphatic heterocycles. The van der Waals surface area contributed by atoms with Gasteiger partial charge in [0.1, 0.15) is 24.4 Å². The summed E-state index contributed by atoms with van der Waals surface area (Å²) < 4.78 is 5.55. The molecule has 1 unspecified atom stereocenters. The Balaban J connectivity index is 1.48. The number of benzene rings is 1. The smallest absolute Gasteiger partial charge is 0.325 e. The maximum atomic E-state index is 12.5. The van der Waals surface area contributed by atoms with E-state index in [1.54, 1.807) is 38.2 Å². The molecule has 2 fully saturated rings. The predicted molar refractivity (Wildman–Crippen MR) is 96.0 cm³/mol. The van der Waals surface area contributed by atoms with Gasteiger partial charge < -0.3 is 15.0 Å². The van der Waals surface area contributed by atoms with E-state index in [2.05, 4.69) is 5.32 Å². The van der Waals surface area contributed by atoms with Crippen LogP contribution in [0.25, 0.3) is 0 Å². The maximum absolute atomic E-state index is 12.5. The van der Waals surface area contributed by atoms with Crippen molar-refractivity contribution in [2.24, 2.45) is 5.92 Å². The standard InChI is InChI=1S/C18H22ClN3O4/c1-18(12-3-4-12)16(24)22(17(25)20-18)11-15(23)21(2)9-10-26-14-7-5-13(19)6-8-14/h5-8,12H,3-4,9-11H2,1-2H3,(H,20,25). The van der Waals surface area contributed by atoms with E-state index in [-0.39, 0.29) is 24.3 Å². The van der Waals surface area contributed by atoms with Crippen molar-refractivity contribution in [3.8, 4) is 5.75 Å². The molecular weight excluding hydrogens is 358 g/mol. The maximum Gasteiger partial charge on any atom is 0.325 e. The third-order valence-corrected chi connectivity index (χ3v) is 5.18. The molecular formula is C18H22ClN3O4. The second-order valence-electron chi connectivity index (χ2n) is 6.92. The number of amides is 4. The summed E-state index contributed by atoms with van der Waals surface area (Å²) in [6, 6.07) is 6.44. The van der Waals surface area contributed by atoms with Crippen molar-refractivity contribution in [3.05, 3.63) is 29.3 Å². The number of hydrogen-bond donors (Lipinski definition) is 1. The van der Waals surface area contributed by atoms with Crippen LogP contribution in [0, 0.1) is 5.92 Å². The average Bonchev–Trinajstić information content (AvgIpc) is 3.42. The summed E-state index contributed by atoms with van der Waals surface area (Å²) >= 11 is 5.81. The molecule has 1 aromatic rings. The molecule has 0 radical (unpaired) electrons. The Labute approximate surface area is 157 Å². The van der Waals surface area contributed by atoms with Crippen molar-refractivity contribution in [1.29, 1.82) is 0 Å². The molecule has 0 aromatic heterocycles. The normalized spacial score (nSPS) is 22.3. The van der Waals surface area contributed by atoms with Gasteiger partial charge in [0, 0.05) is 12.1 Å². The summed E-state index contributed by atoms with van der Waals surface area (Å²) in [7, 11) is 1.62. The van der Waals surface area contributed by atoms with Crippen LogP contribution < -0.4 is 10.1 Å². The van der Waals surface area contributed by atoms with Gasteiger partial charge in [-0.25, -0.2) is 4.79 Å². The first-order valence-electron chi connectivity index (χ1n) is 8.57. The Morgan fingerprint density at radius 3 is 2.62 bits per heavy atom. The molecule has 3 rings (SSSR count). The largest absolute Gasteiger partial charge is 0.492 e. The number of urea groups is 1. The minimum absolute atomic E-state index is 0.171. The Morgan fingerprint density at radius 1 is 1.35 bits per heavy atom. The fourth-order valence-electron chi connectivity index (χ4n) is 3.01. The lowest BCUT2D eigenvalue weighted by atomic mass is 9.96. The summed E-state index contributed by atoms with van der Waals surface area (Å²) in [5, 5.41) is 3.36.